The van der Waals surface area contributed by atoms with Gasteiger partial charge in [0, 0.05) is 6.54 Å². The Bertz CT molecular complexity index is 984. The zero-order valence-electron chi connectivity index (χ0n) is 16.6. The Labute approximate surface area is 186 Å². The first-order chi connectivity index (χ1) is 14.6. The quantitative estimate of drug-likeness (QED) is 0.219. The topological polar surface area (TPSA) is 38.8 Å². The van der Waals surface area contributed by atoms with Crippen LogP contribution in [0.4, 0.5) is 0 Å². The van der Waals surface area contributed by atoms with Crippen molar-refractivity contribution in [2.24, 2.45) is 0 Å². The van der Waals surface area contributed by atoms with Crippen LogP contribution in [0.15, 0.2) is 78.7 Å². The summed E-state index contributed by atoms with van der Waals surface area (Å²) in [7, 11) is 0. The Morgan fingerprint density at radius 3 is 2.63 bits per heavy atom. The molecule has 1 heterocycles. The Kier molecular flexibility index (Phi) is 7.88. The first kappa shape index (κ1) is 21.9. The number of hydrogen-bond donors (Lipinski definition) is 0. The number of rotatable bonds is 10. The van der Waals surface area contributed by atoms with Crippen LogP contribution in [-0.4, -0.2) is 34.9 Å². The number of hydrogen-bond acceptors (Lipinski definition) is 5. The SMILES string of the molecule is C=CCc1ccccc1OCCOc1cccc(C=C2SC(=S)N(CC=C)C2=O)c1. The van der Waals surface area contributed by atoms with Gasteiger partial charge < -0.3 is 9.47 Å². The maximum atomic E-state index is 12.5. The van der Waals surface area contributed by atoms with Crippen LogP contribution >= 0.6 is 24.0 Å². The molecule has 0 unspecified atom stereocenters. The van der Waals surface area contributed by atoms with Crippen molar-refractivity contribution in [3.8, 4) is 11.5 Å². The number of thioether (sulfide) groups is 1. The van der Waals surface area contributed by atoms with E-state index >= 15 is 0 Å². The first-order valence-corrected chi connectivity index (χ1v) is 10.8. The highest BCUT2D eigenvalue weighted by Gasteiger charge is 2.30. The third kappa shape index (κ3) is 5.62. The molecule has 0 aromatic heterocycles. The lowest BCUT2D eigenvalue weighted by atomic mass is 10.1. The number of allylic oxidation sites excluding steroid dienone is 1. The second kappa shape index (κ2) is 10.8. The van der Waals surface area contributed by atoms with E-state index in [4.69, 9.17) is 21.7 Å². The van der Waals surface area contributed by atoms with Gasteiger partial charge in [0.25, 0.3) is 5.91 Å². The standard InChI is InChI=1S/C24H23NO3S2/c1-3-8-19-10-5-6-12-21(19)28-15-14-27-20-11-7-9-18(16-20)17-22-23(26)25(13-4-2)24(29)30-22/h3-7,9-12,16-17H,1-2,8,13-15H2. The monoisotopic (exact) mass is 437 g/mol. The fourth-order valence-corrected chi connectivity index (χ4v) is 4.19. The molecule has 154 valence electrons. The van der Waals surface area contributed by atoms with Crippen molar-refractivity contribution in [2.45, 2.75) is 6.42 Å². The highest BCUT2D eigenvalue weighted by atomic mass is 32.2. The Balaban J connectivity index is 1.58. The number of amides is 1. The summed E-state index contributed by atoms with van der Waals surface area (Å²) >= 11 is 6.57. The molecule has 1 saturated heterocycles. The summed E-state index contributed by atoms with van der Waals surface area (Å²) in [5.74, 6) is 1.47. The van der Waals surface area contributed by atoms with E-state index in [2.05, 4.69) is 13.2 Å². The summed E-state index contributed by atoms with van der Waals surface area (Å²) in [6.07, 6.45) is 6.12. The first-order valence-electron chi connectivity index (χ1n) is 9.53. The van der Waals surface area contributed by atoms with Crippen molar-refractivity contribution in [1.29, 1.82) is 0 Å². The van der Waals surface area contributed by atoms with E-state index in [1.165, 1.54) is 11.8 Å². The Morgan fingerprint density at radius 2 is 1.83 bits per heavy atom. The van der Waals surface area contributed by atoms with E-state index in [1.54, 1.807) is 11.0 Å². The lowest BCUT2D eigenvalue weighted by Crippen LogP contribution is -2.27. The third-order valence-corrected chi connectivity index (χ3v) is 5.67. The molecule has 1 aliphatic rings. The van der Waals surface area contributed by atoms with E-state index in [0.717, 1.165) is 23.3 Å². The minimum atomic E-state index is -0.0946. The van der Waals surface area contributed by atoms with Gasteiger partial charge in [-0.1, -0.05) is 66.5 Å². The average Bonchev–Trinajstić information content (AvgIpc) is 3.00. The van der Waals surface area contributed by atoms with Crippen LogP contribution in [0.3, 0.4) is 0 Å². The predicted octanol–water partition coefficient (Wildman–Crippen LogP) is 5.26. The van der Waals surface area contributed by atoms with Crippen LogP contribution in [-0.2, 0) is 11.2 Å². The number of thiocarbonyl (C=S) groups is 1. The van der Waals surface area contributed by atoms with Crippen LogP contribution < -0.4 is 9.47 Å². The maximum Gasteiger partial charge on any atom is 0.266 e. The number of nitrogens with zero attached hydrogens (tertiary/aromatic N) is 1. The highest BCUT2D eigenvalue weighted by molar-refractivity contribution is 8.26. The largest absolute Gasteiger partial charge is 0.490 e. The van der Waals surface area contributed by atoms with Crippen molar-refractivity contribution in [1.82, 2.24) is 4.90 Å². The van der Waals surface area contributed by atoms with Gasteiger partial charge in [-0.05, 0) is 41.8 Å². The van der Waals surface area contributed by atoms with Gasteiger partial charge in [-0.15, -0.1) is 13.2 Å². The second-order valence-electron chi connectivity index (χ2n) is 6.45. The van der Waals surface area contributed by atoms with Gasteiger partial charge in [0.2, 0.25) is 0 Å². The van der Waals surface area contributed by atoms with Crippen LogP contribution in [0.5, 0.6) is 11.5 Å². The highest BCUT2D eigenvalue weighted by Crippen LogP contribution is 2.32. The minimum Gasteiger partial charge on any atom is -0.490 e. The molecule has 6 heteroatoms. The van der Waals surface area contributed by atoms with Crippen LogP contribution in [0.1, 0.15) is 11.1 Å². The molecule has 1 aliphatic heterocycles. The fourth-order valence-electron chi connectivity index (χ4n) is 2.91. The lowest BCUT2D eigenvalue weighted by molar-refractivity contribution is -0.121. The van der Waals surface area contributed by atoms with Crippen LogP contribution in [0.2, 0.25) is 0 Å². The minimum absolute atomic E-state index is 0.0946. The van der Waals surface area contributed by atoms with Gasteiger partial charge in [0.1, 0.15) is 29.0 Å². The molecule has 0 radical (unpaired) electrons. The van der Waals surface area contributed by atoms with Crippen molar-refractivity contribution >= 4 is 40.3 Å². The molecule has 4 nitrogen and oxygen atoms in total. The van der Waals surface area contributed by atoms with E-state index in [9.17, 15) is 4.79 Å². The molecule has 1 fully saturated rings. The zero-order chi connectivity index (χ0) is 21.3. The molecule has 0 bridgehead atoms. The van der Waals surface area contributed by atoms with Crippen molar-refractivity contribution in [3.05, 3.63) is 89.9 Å². The Morgan fingerprint density at radius 1 is 1.03 bits per heavy atom. The van der Waals surface area contributed by atoms with Gasteiger partial charge >= 0.3 is 0 Å². The molecule has 0 spiro atoms. The van der Waals surface area contributed by atoms with Gasteiger partial charge in [-0.2, -0.15) is 0 Å². The van der Waals surface area contributed by atoms with E-state index in [1.807, 2.05) is 60.7 Å². The molecule has 0 saturated carbocycles. The molecule has 2 aromatic rings. The summed E-state index contributed by atoms with van der Waals surface area (Å²) in [5.41, 5.74) is 1.98. The molecule has 1 amide bonds. The third-order valence-electron chi connectivity index (χ3n) is 4.29. The summed E-state index contributed by atoms with van der Waals surface area (Å²) in [6.45, 7) is 8.70. The summed E-state index contributed by atoms with van der Waals surface area (Å²) in [6, 6.07) is 15.5. The van der Waals surface area contributed by atoms with Crippen LogP contribution in [0, 0.1) is 0 Å². The Hall–Kier alpha value is -2.83. The molecular weight excluding hydrogens is 414 g/mol. The second-order valence-corrected chi connectivity index (χ2v) is 8.13. The molecular formula is C24H23NO3S2. The number of carbonyl (C=O) groups excluding carboxylic acids is 1. The summed E-state index contributed by atoms with van der Waals surface area (Å²) < 4.78 is 12.2. The summed E-state index contributed by atoms with van der Waals surface area (Å²) in [4.78, 5) is 14.6. The molecule has 0 atom stereocenters. The predicted molar refractivity (Wildman–Crippen MR) is 128 cm³/mol. The molecule has 0 aliphatic carbocycles. The van der Waals surface area contributed by atoms with E-state index in [-0.39, 0.29) is 5.91 Å². The summed E-state index contributed by atoms with van der Waals surface area (Å²) in [5, 5.41) is 0. The van der Waals surface area contributed by atoms with Crippen molar-refractivity contribution < 1.29 is 14.3 Å². The van der Waals surface area contributed by atoms with Crippen LogP contribution in [0.25, 0.3) is 6.08 Å². The van der Waals surface area contributed by atoms with Gasteiger partial charge in [-0.25, -0.2) is 0 Å². The van der Waals surface area contributed by atoms with E-state index in [0.29, 0.717) is 34.7 Å². The van der Waals surface area contributed by atoms with Crippen molar-refractivity contribution in [3.63, 3.8) is 0 Å². The average molecular weight is 438 g/mol. The molecule has 3 rings (SSSR count). The maximum absolute atomic E-state index is 12.5. The molecule has 0 N–H and O–H groups in total. The number of carbonyl (C=O) groups is 1. The number of benzene rings is 2. The van der Waals surface area contributed by atoms with Gasteiger partial charge in [0.05, 0.1) is 4.91 Å². The fraction of sp³-hybridized carbons (Fsp3) is 0.167. The number of para-hydroxylation sites is 1. The lowest BCUT2D eigenvalue weighted by Gasteiger charge is -2.11. The van der Waals surface area contributed by atoms with Crippen molar-refractivity contribution in [2.75, 3.05) is 19.8 Å². The smallest absolute Gasteiger partial charge is 0.266 e. The van der Waals surface area contributed by atoms with E-state index < -0.39 is 0 Å². The van der Waals surface area contributed by atoms with Gasteiger partial charge in [-0.3, -0.25) is 9.69 Å². The molecule has 30 heavy (non-hydrogen) atoms. The molecule has 2 aromatic carbocycles. The number of ether oxygens (including phenoxy) is 2. The zero-order valence-corrected chi connectivity index (χ0v) is 18.2. The normalized spacial score (nSPS) is 14.8. The van der Waals surface area contributed by atoms with Gasteiger partial charge in [0.15, 0.2) is 0 Å².